The summed E-state index contributed by atoms with van der Waals surface area (Å²) in [5, 5.41) is 12.0. The molecule has 1 heterocycles. The van der Waals surface area contributed by atoms with Gasteiger partial charge in [-0.3, -0.25) is 4.79 Å². The summed E-state index contributed by atoms with van der Waals surface area (Å²) in [6.45, 7) is 1.05. The second-order valence-electron chi connectivity index (χ2n) is 3.52. The third-order valence-corrected chi connectivity index (χ3v) is 1.86. The smallest absolute Gasteiger partial charge is 0.234 e. The van der Waals surface area contributed by atoms with Crippen LogP contribution in [0.4, 0.5) is 0 Å². The summed E-state index contributed by atoms with van der Waals surface area (Å²) in [5.41, 5.74) is 0. The summed E-state index contributed by atoms with van der Waals surface area (Å²) >= 11 is 0. The Morgan fingerprint density at radius 3 is 2.77 bits per heavy atom. The molecule has 0 bridgehead atoms. The molecule has 13 heavy (non-hydrogen) atoms. The zero-order valence-electron chi connectivity index (χ0n) is 7.99. The van der Waals surface area contributed by atoms with Gasteiger partial charge < -0.3 is 20.1 Å². The average Bonchev–Trinajstić information content (AvgIpc) is 2.34. The fraction of sp³-hybridized carbons (Fsp3) is 0.875. The summed E-state index contributed by atoms with van der Waals surface area (Å²) < 4.78 is 5.00. The Morgan fingerprint density at radius 2 is 2.31 bits per heavy atom. The first-order valence-electron chi connectivity index (χ1n) is 4.29. The van der Waals surface area contributed by atoms with Gasteiger partial charge in [-0.25, -0.2) is 0 Å². The Balaban J connectivity index is 2.27. The Bertz CT molecular complexity index is 184. The van der Waals surface area contributed by atoms with Gasteiger partial charge in [-0.15, -0.1) is 0 Å². The summed E-state index contributed by atoms with van der Waals surface area (Å²) in [4.78, 5) is 13.0. The van der Waals surface area contributed by atoms with Crippen LogP contribution in [0, 0.1) is 0 Å². The van der Waals surface area contributed by atoms with E-state index in [4.69, 9.17) is 4.74 Å². The van der Waals surface area contributed by atoms with E-state index in [1.54, 1.807) is 4.90 Å². The fourth-order valence-corrected chi connectivity index (χ4v) is 1.22. The van der Waals surface area contributed by atoms with Crippen LogP contribution in [0.2, 0.25) is 0 Å². The van der Waals surface area contributed by atoms with Gasteiger partial charge in [-0.1, -0.05) is 0 Å². The van der Waals surface area contributed by atoms with E-state index >= 15 is 0 Å². The summed E-state index contributed by atoms with van der Waals surface area (Å²) in [6.07, 6.45) is -0.564. The maximum absolute atomic E-state index is 11.2. The first-order chi connectivity index (χ1) is 6.09. The molecule has 0 radical (unpaired) electrons. The first kappa shape index (κ1) is 10.4. The number of ether oxygens (including phenoxy) is 1. The quantitative estimate of drug-likeness (QED) is 0.561. The molecule has 1 fully saturated rings. The topological polar surface area (TPSA) is 61.8 Å². The summed E-state index contributed by atoms with van der Waals surface area (Å²) in [7, 11) is 3.64. The minimum atomic E-state index is -0.564. The number of hydrogen-bond acceptors (Lipinski definition) is 4. The maximum Gasteiger partial charge on any atom is 0.234 e. The molecule has 0 aromatic heterocycles. The minimum absolute atomic E-state index is 0.0837. The van der Waals surface area contributed by atoms with Crippen molar-refractivity contribution < 1.29 is 14.6 Å². The normalized spacial score (nSPS) is 28.0. The molecule has 1 amide bonds. The number of carbonyl (C=O) groups excluding carboxylic acids is 1. The molecule has 2 unspecified atom stereocenters. The van der Waals surface area contributed by atoms with E-state index in [2.05, 4.69) is 5.32 Å². The van der Waals surface area contributed by atoms with Crippen molar-refractivity contribution in [2.75, 3.05) is 33.9 Å². The highest BCUT2D eigenvalue weighted by Crippen LogP contribution is 2.04. The minimum Gasteiger partial charge on any atom is -0.388 e. The number of likely N-dealkylation sites (N-methyl/N-ethyl adjacent to an activating group) is 1. The van der Waals surface area contributed by atoms with Crippen molar-refractivity contribution in [3.8, 4) is 0 Å². The van der Waals surface area contributed by atoms with Gasteiger partial charge in [0.05, 0.1) is 31.9 Å². The number of aliphatic hydroxyl groups is 1. The van der Waals surface area contributed by atoms with Crippen LogP contribution in [0.25, 0.3) is 0 Å². The molecule has 0 spiro atoms. The lowest BCUT2D eigenvalue weighted by Gasteiger charge is -2.16. The van der Waals surface area contributed by atoms with Crippen molar-refractivity contribution in [3.63, 3.8) is 0 Å². The average molecular weight is 188 g/mol. The van der Waals surface area contributed by atoms with Crippen molar-refractivity contribution in [3.05, 3.63) is 0 Å². The summed E-state index contributed by atoms with van der Waals surface area (Å²) in [5.74, 6) is -0.0837. The largest absolute Gasteiger partial charge is 0.388 e. The van der Waals surface area contributed by atoms with Crippen molar-refractivity contribution in [2.45, 2.75) is 12.1 Å². The molecule has 0 aliphatic carbocycles. The van der Waals surface area contributed by atoms with Crippen LogP contribution in [0.3, 0.4) is 0 Å². The molecule has 76 valence electrons. The second-order valence-corrected chi connectivity index (χ2v) is 3.52. The number of nitrogens with one attached hydrogen (secondary N) is 1. The van der Waals surface area contributed by atoms with Gasteiger partial charge in [0.15, 0.2) is 0 Å². The van der Waals surface area contributed by atoms with E-state index in [1.807, 2.05) is 14.1 Å². The van der Waals surface area contributed by atoms with Crippen molar-refractivity contribution >= 4 is 5.91 Å². The number of hydrogen-bond donors (Lipinski definition) is 2. The second kappa shape index (κ2) is 4.55. The first-order valence-corrected chi connectivity index (χ1v) is 4.29. The standard InChI is InChI=1S/C8H16N2O3/c1-10(2)3-8(12)9-6-4-13-5-7(6)11/h6-7,11H,3-5H2,1-2H3,(H,9,12). The number of nitrogens with zero attached hydrogens (tertiary/aromatic N) is 1. The van der Waals surface area contributed by atoms with Crippen LogP contribution >= 0.6 is 0 Å². The van der Waals surface area contributed by atoms with Gasteiger partial charge in [0.1, 0.15) is 0 Å². The van der Waals surface area contributed by atoms with Crippen LogP contribution < -0.4 is 5.32 Å². The Hall–Kier alpha value is -0.650. The van der Waals surface area contributed by atoms with Crippen LogP contribution in [-0.4, -0.2) is 61.9 Å². The van der Waals surface area contributed by atoms with Crippen molar-refractivity contribution in [1.29, 1.82) is 0 Å². The van der Waals surface area contributed by atoms with E-state index < -0.39 is 6.10 Å². The van der Waals surface area contributed by atoms with Crippen LogP contribution in [0.15, 0.2) is 0 Å². The number of rotatable bonds is 3. The lowest BCUT2D eigenvalue weighted by molar-refractivity contribution is -0.122. The molecule has 0 aromatic rings. The number of amides is 1. The molecule has 1 aliphatic heterocycles. The molecule has 2 N–H and O–H groups in total. The molecule has 1 aliphatic rings. The zero-order chi connectivity index (χ0) is 9.84. The van der Waals surface area contributed by atoms with E-state index in [0.29, 0.717) is 19.8 Å². The number of carbonyl (C=O) groups is 1. The predicted molar refractivity (Wildman–Crippen MR) is 47.3 cm³/mol. The molecular formula is C8H16N2O3. The molecule has 2 atom stereocenters. The zero-order valence-corrected chi connectivity index (χ0v) is 7.99. The highest BCUT2D eigenvalue weighted by Gasteiger charge is 2.27. The molecule has 1 saturated heterocycles. The van der Waals surface area contributed by atoms with Crippen LogP contribution in [-0.2, 0) is 9.53 Å². The third kappa shape index (κ3) is 3.30. The highest BCUT2D eigenvalue weighted by atomic mass is 16.5. The Morgan fingerprint density at radius 1 is 1.62 bits per heavy atom. The molecule has 5 nitrogen and oxygen atoms in total. The van der Waals surface area contributed by atoms with Crippen LogP contribution in [0.5, 0.6) is 0 Å². The fourth-order valence-electron chi connectivity index (χ4n) is 1.22. The van der Waals surface area contributed by atoms with E-state index in [-0.39, 0.29) is 11.9 Å². The van der Waals surface area contributed by atoms with Crippen LogP contribution in [0.1, 0.15) is 0 Å². The van der Waals surface area contributed by atoms with Crippen molar-refractivity contribution in [2.24, 2.45) is 0 Å². The van der Waals surface area contributed by atoms with Gasteiger partial charge in [-0.2, -0.15) is 0 Å². The molecular weight excluding hydrogens is 172 g/mol. The maximum atomic E-state index is 11.2. The predicted octanol–water partition coefficient (Wildman–Crippen LogP) is -1.58. The van der Waals surface area contributed by atoms with Crippen molar-refractivity contribution in [1.82, 2.24) is 10.2 Å². The van der Waals surface area contributed by atoms with Gasteiger partial charge >= 0.3 is 0 Å². The van der Waals surface area contributed by atoms with Gasteiger partial charge in [0.25, 0.3) is 0 Å². The van der Waals surface area contributed by atoms with E-state index in [1.165, 1.54) is 0 Å². The molecule has 0 aromatic carbocycles. The third-order valence-electron chi connectivity index (χ3n) is 1.86. The monoisotopic (exact) mass is 188 g/mol. The van der Waals surface area contributed by atoms with Gasteiger partial charge in [0, 0.05) is 0 Å². The molecule has 5 heteroatoms. The van der Waals surface area contributed by atoms with Gasteiger partial charge in [0.2, 0.25) is 5.91 Å². The lowest BCUT2D eigenvalue weighted by Crippen LogP contribution is -2.45. The van der Waals surface area contributed by atoms with E-state index in [0.717, 1.165) is 0 Å². The molecule has 0 saturated carbocycles. The lowest BCUT2D eigenvalue weighted by atomic mass is 10.2. The Labute approximate surface area is 77.7 Å². The Kier molecular flexibility index (Phi) is 3.65. The highest BCUT2D eigenvalue weighted by molar-refractivity contribution is 5.78. The SMILES string of the molecule is CN(C)CC(=O)NC1COCC1O. The number of aliphatic hydroxyl groups excluding tert-OH is 1. The summed E-state index contributed by atoms with van der Waals surface area (Å²) in [6, 6.07) is -0.243. The molecule has 1 rings (SSSR count). The van der Waals surface area contributed by atoms with E-state index in [9.17, 15) is 9.90 Å². The van der Waals surface area contributed by atoms with Gasteiger partial charge in [-0.05, 0) is 14.1 Å².